The average Bonchev–Trinajstić information content (AvgIpc) is 3.66. The van der Waals surface area contributed by atoms with Gasteiger partial charge in [0.05, 0.1) is 28.6 Å². The van der Waals surface area contributed by atoms with Gasteiger partial charge in [0, 0.05) is 42.5 Å². The minimum Gasteiger partial charge on any atom is -0.354 e. The van der Waals surface area contributed by atoms with E-state index < -0.39 is 5.82 Å². The van der Waals surface area contributed by atoms with Gasteiger partial charge in [0.1, 0.15) is 12.2 Å². The fourth-order valence-electron chi connectivity index (χ4n) is 5.74. The maximum atomic E-state index is 15.3. The molecule has 0 saturated carbocycles. The third-order valence-electron chi connectivity index (χ3n) is 7.73. The van der Waals surface area contributed by atoms with Crippen molar-refractivity contribution in [2.75, 3.05) is 18.0 Å². The summed E-state index contributed by atoms with van der Waals surface area (Å²) in [5.74, 6) is -0.338. The molecule has 10 nitrogen and oxygen atoms in total. The first-order chi connectivity index (χ1) is 19.0. The molecule has 1 aromatic carbocycles. The van der Waals surface area contributed by atoms with Gasteiger partial charge in [-0.05, 0) is 59.9 Å². The number of aromatic nitrogens is 7. The maximum absolute atomic E-state index is 15.3. The summed E-state index contributed by atoms with van der Waals surface area (Å²) >= 11 is 6.12. The summed E-state index contributed by atoms with van der Waals surface area (Å²) in [7, 11) is 0. The van der Waals surface area contributed by atoms with Crippen LogP contribution in [0.25, 0.3) is 22.5 Å². The monoisotopic (exact) mass is 549 g/mol. The standard InChI is InChI=1S/C26H22ClF2N9O/c27-17-3-5-19(37-13-32-34-35-37)22(24(17)29)14-10-15-2-4-20(38(15)21(39)11-14)25-31-12-18(33-25)16-6-7-30-26(23(16)28)36-8-1-9-36/h3,5-7,11-13,15,20H,1-2,4,8-10H2,(H,31,33)/t15-,20+/m1/s1. The number of benzene rings is 1. The van der Waals surface area contributed by atoms with E-state index in [4.69, 9.17) is 11.6 Å². The van der Waals surface area contributed by atoms with Gasteiger partial charge in [-0.25, -0.2) is 18.7 Å². The second-order valence-electron chi connectivity index (χ2n) is 9.89. The Bertz CT molecular complexity index is 1620. The number of nitrogens with one attached hydrogen (secondary N) is 1. The largest absolute Gasteiger partial charge is 0.354 e. The normalized spacial score (nSPS) is 20.7. The summed E-state index contributed by atoms with van der Waals surface area (Å²) in [6, 6.07) is 4.22. The molecule has 1 N–H and O–H groups in total. The molecule has 2 atom stereocenters. The minimum absolute atomic E-state index is 0.0503. The number of anilines is 1. The molecule has 0 aliphatic carbocycles. The maximum Gasteiger partial charge on any atom is 0.247 e. The van der Waals surface area contributed by atoms with Crippen LogP contribution in [0.5, 0.6) is 0 Å². The summed E-state index contributed by atoms with van der Waals surface area (Å²) in [5.41, 5.74) is 2.06. The summed E-state index contributed by atoms with van der Waals surface area (Å²) in [6.07, 6.45) is 8.82. The van der Waals surface area contributed by atoms with Crippen LogP contribution < -0.4 is 4.90 Å². The lowest BCUT2D eigenvalue weighted by Gasteiger charge is -2.33. The Morgan fingerprint density at radius 1 is 1.08 bits per heavy atom. The number of imidazole rings is 1. The molecule has 0 radical (unpaired) electrons. The van der Waals surface area contributed by atoms with Crippen LogP contribution >= 0.6 is 11.6 Å². The van der Waals surface area contributed by atoms with Crippen molar-refractivity contribution in [2.24, 2.45) is 0 Å². The quantitative estimate of drug-likeness (QED) is 0.399. The lowest BCUT2D eigenvalue weighted by Crippen LogP contribution is -2.39. The number of tetrazole rings is 1. The zero-order chi connectivity index (χ0) is 26.7. The van der Waals surface area contributed by atoms with Crippen molar-refractivity contribution in [3.63, 3.8) is 0 Å². The van der Waals surface area contributed by atoms with Crippen molar-refractivity contribution in [3.8, 4) is 16.9 Å². The molecule has 3 aromatic heterocycles. The first kappa shape index (κ1) is 23.9. The molecule has 198 valence electrons. The van der Waals surface area contributed by atoms with Crippen LogP contribution in [0.2, 0.25) is 5.02 Å². The van der Waals surface area contributed by atoms with E-state index in [2.05, 4.69) is 30.5 Å². The summed E-state index contributed by atoms with van der Waals surface area (Å²) in [4.78, 5) is 29.1. The number of pyridine rings is 1. The molecule has 2 fully saturated rings. The predicted molar refractivity (Wildman–Crippen MR) is 138 cm³/mol. The molecule has 0 bridgehead atoms. The highest BCUT2D eigenvalue weighted by atomic mass is 35.5. The number of H-pyrrole nitrogens is 1. The number of nitrogens with zero attached hydrogens (tertiary/aromatic N) is 8. The van der Waals surface area contributed by atoms with Gasteiger partial charge in [-0.3, -0.25) is 4.79 Å². The van der Waals surface area contributed by atoms with E-state index in [0.717, 1.165) is 19.5 Å². The number of hydrogen-bond donors (Lipinski definition) is 1. The van der Waals surface area contributed by atoms with Crippen LogP contribution in [0.1, 0.15) is 43.1 Å². The van der Waals surface area contributed by atoms with Crippen molar-refractivity contribution < 1.29 is 13.6 Å². The van der Waals surface area contributed by atoms with Gasteiger partial charge in [-0.2, -0.15) is 4.68 Å². The van der Waals surface area contributed by atoms with E-state index in [0.29, 0.717) is 53.4 Å². The van der Waals surface area contributed by atoms with Crippen LogP contribution in [0, 0.1) is 11.6 Å². The fourth-order valence-corrected chi connectivity index (χ4v) is 5.89. The first-order valence-corrected chi connectivity index (χ1v) is 13.1. The molecule has 6 heterocycles. The van der Waals surface area contributed by atoms with Crippen LogP contribution in [-0.4, -0.2) is 65.1 Å². The molecule has 3 aliphatic rings. The molecular weight excluding hydrogens is 528 g/mol. The highest BCUT2D eigenvalue weighted by molar-refractivity contribution is 6.31. The zero-order valence-electron chi connectivity index (χ0n) is 20.6. The van der Waals surface area contributed by atoms with Gasteiger partial charge in [0.2, 0.25) is 5.91 Å². The Kier molecular flexibility index (Phi) is 5.65. The number of carbonyl (C=O) groups excluding carboxylic acids is 1. The van der Waals surface area contributed by atoms with E-state index in [1.807, 2.05) is 4.90 Å². The number of amides is 1. The summed E-state index contributed by atoms with van der Waals surface area (Å²) in [6.45, 7) is 1.57. The van der Waals surface area contributed by atoms with Gasteiger partial charge in [-0.1, -0.05) is 11.6 Å². The molecule has 0 spiro atoms. The van der Waals surface area contributed by atoms with Gasteiger partial charge >= 0.3 is 0 Å². The molecule has 39 heavy (non-hydrogen) atoms. The van der Waals surface area contributed by atoms with Crippen molar-refractivity contribution in [1.82, 2.24) is 40.1 Å². The van der Waals surface area contributed by atoms with Crippen LogP contribution in [0.4, 0.5) is 14.6 Å². The van der Waals surface area contributed by atoms with E-state index in [1.165, 1.54) is 23.2 Å². The van der Waals surface area contributed by atoms with Crippen LogP contribution in [-0.2, 0) is 4.79 Å². The number of hydrogen-bond acceptors (Lipinski definition) is 7. The number of aromatic amines is 1. The average molecular weight is 550 g/mol. The van der Waals surface area contributed by atoms with Gasteiger partial charge in [0.15, 0.2) is 17.5 Å². The Hall–Kier alpha value is -4.19. The van der Waals surface area contributed by atoms with Crippen molar-refractivity contribution in [3.05, 3.63) is 71.0 Å². The van der Waals surface area contributed by atoms with Crippen molar-refractivity contribution in [2.45, 2.75) is 37.8 Å². The smallest absolute Gasteiger partial charge is 0.247 e. The SMILES string of the molecule is O=C1C=C(c2c(-n3cnnn3)ccc(Cl)c2F)C[C@H]2CC[C@@H](c3ncc(-c4ccnc(N5CCC5)c4F)[nH]3)N12. The van der Waals surface area contributed by atoms with E-state index in [9.17, 15) is 4.79 Å². The summed E-state index contributed by atoms with van der Waals surface area (Å²) < 4.78 is 31.9. The molecule has 2 saturated heterocycles. The Balaban J connectivity index is 1.19. The van der Waals surface area contributed by atoms with Crippen LogP contribution in [0.3, 0.4) is 0 Å². The molecule has 4 aromatic rings. The van der Waals surface area contributed by atoms with E-state index in [-0.39, 0.29) is 34.4 Å². The first-order valence-electron chi connectivity index (χ1n) is 12.7. The van der Waals surface area contributed by atoms with E-state index >= 15 is 8.78 Å². The molecule has 0 unspecified atom stereocenters. The second-order valence-corrected chi connectivity index (χ2v) is 10.3. The second kappa shape index (κ2) is 9.23. The number of rotatable bonds is 5. The number of carbonyl (C=O) groups is 1. The zero-order valence-corrected chi connectivity index (χ0v) is 21.3. The van der Waals surface area contributed by atoms with Gasteiger partial charge in [0.25, 0.3) is 0 Å². The topological polar surface area (TPSA) is 109 Å². The fraction of sp³-hybridized carbons (Fsp3) is 0.308. The number of fused-ring (bicyclic) bond motifs is 1. The minimum atomic E-state index is -0.626. The highest BCUT2D eigenvalue weighted by Crippen LogP contribution is 2.44. The van der Waals surface area contributed by atoms with Crippen LogP contribution in [0.15, 0.2) is 43.0 Å². The third kappa shape index (κ3) is 3.89. The van der Waals surface area contributed by atoms with Gasteiger partial charge in [-0.15, -0.1) is 5.10 Å². The molecule has 1 amide bonds. The lowest BCUT2D eigenvalue weighted by atomic mass is 9.92. The Morgan fingerprint density at radius 2 is 1.95 bits per heavy atom. The lowest BCUT2D eigenvalue weighted by molar-refractivity contribution is -0.129. The molecule has 7 rings (SSSR count). The molecule has 3 aliphatic heterocycles. The third-order valence-corrected chi connectivity index (χ3v) is 8.02. The summed E-state index contributed by atoms with van der Waals surface area (Å²) in [5, 5.41) is 11.1. The Labute approximate surface area is 226 Å². The molecular formula is C26H22ClF2N9O. The van der Waals surface area contributed by atoms with E-state index in [1.54, 1.807) is 29.4 Å². The van der Waals surface area contributed by atoms with Crippen molar-refractivity contribution in [1.29, 1.82) is 0 Å². The highest BCUT2D eigenvalue weighted by Gasteiger charge is 2.42. The van der Waals surface area contributed by atoms with Gasteiger partial charge < -0.3 is 14.8 Å². The predicted octanol–water partition coefficient (Wildman–Crippen LogP) is 4.11. The molecule has 13 heteroatoms. The Morgan fingerprint density at radius 3 is 2.72 bits per heavy atom. The number of halogens is 3. The van der Waals surface area contributed by atoms with Crippen molar-refractivity contribution >= 4 is 28.9 Å².